The molecule has 1 N–H and O–H groups in total. The summed E-state index contributed by atoms with van der Waals surface area (Å²) in [5.74, 6) is 2.12. The van der Waals surface area contributed by atoms with Gasteiger partial charge in [0, 0.05) is 11.9 Å². The highest BCUT2D eigenvalue weighted by molar-refractivity contribution is 7.99. The lowest BCUT2D eigenvalue weighted by molar-refractivity contribution is -0.118. The van der Waals surface area contributed by atoms with Crippen LogP contribution in [0.1, 0.15) is 11.3 Å². The molecule has 0 saturated carbocycles. The van der Waals surface area contributed by atoms with Crippen molar-refractivity contribution < 1.29 is 9.53 Å². The molecule has 0 aliphatic carbocycles. The van der Waals surface area contributed by atoms with Crippen molar-refractivity contribution in [2.24, 2.45) is 0 Å². The predicted molar refractivity (Wildman–Crippen MR) is 85.2 cm³/mol. The normalized spacial score (nSPS) is 10.1. The van der Waals surface area contributed by atoms with Crippen molar-refractivity contribution in [3.8, 4) is 5.75 Å². The molecule has 0 unspecified atom stereocenters. The van der Waals surface area contributed by atoms with Crippen molar-refractivity contribution in [3.63, 3.8) is 0 Å². The number of nitrogens with one attached hydrogen (secondary N) is 1. The van der Waals surface area contributed by atoms with E-state index in [0.29, 0.717) is 12.3 Å². The van der Waals surface area contributed by atoms with Crippen LogP contribution in [0.3, 0.4) is 0 Å². The van der Waals surface area contributed by atoms with Crippen molar-refractivity contribution in [2.45, 2.75) is 12.3 Å². The molecule has 1 aromatic heterocycles. The van der Waals surface area contributed by atoms with Crippen LogP contribution in [-0.4, -0.2) is 23.8 Å². The van der Waals surface area contributed by atoms with Gasteiger partial charge >= 0.3 is 0 Å². The van der Waals surface area contributed by atoms with Gasteiger partial charge < -0.3 is 10.1 Å². The van der Waals surface area contributed by atoms with Crippen LogP contribution in [0, 0.1) is 0 Å². The van der Waals surface area contributed by atoms with Crippen LogP contribution in [0.4, 0.5) is 0 Å². The molecular weight excluding hydrogens is 284 g/mol. The van der Waals surface area contributed by atoms with E-state index >= 15 is 0 Å². The molecule has 110 valence electrons. The fourth-order valence-electron chi connectivity index (χ4n) is 1.73. The van der Waals surface area contributed by atoms with Crippen LogP contribution in [0.15, 0.2) is 48.7 Å². The maximum atomic E-state index is 11.7. The molecule has 0 fully saturated rings. The van der Waals surface area contributed by atoms with E-state index in [1.165, 1.54) is 5.56 Å². The number of benzene rings is 1. The quantitative estimate of drug-likeness (QED) is 0.854. The minimum absolute atomic E-state index is 0.0270. The summed E-state index contributed by atoms with van der Waals surface area (Å²) in [6.07, 6.45) is 1.72. The number of carbonyl (C=O) groups is 1. The Kier molecular flexibility index (Phi) is 6.09. The first-order valence-electron chi connectivity index (χ1n) is 6.65. The van der Waals surface area contributed by atoms with Crippen LogP contribution in [0.2, 0.25) is 0 Å². The molecule has 0 aliphatic rings. The first-order valence-corrected chi connectivity index (χ1v) is 7.80. The third-order valence-corrected chi connectivity index (χ3v) is 3.86. The second kappa shape index (κ2) is 8.32. The summed E-state index contributed by atoms with van der Waals surface area (Å²) < 4.78 is 5.11. The Bertz CT molecular complexity index is 558. The van der Waals surface area contributed by atoms with Gasteiger partial charge in [-0.05, 0) is 29.8 Å². The molecule has 0 spiro atoms. The Morgan fingerprint density at radius 1 is 1.24 bits per heavy atom. The average molecular weight is 302 g/mol. The van der Waals surface area contributed by atoms with Gasteiger partial charge in [0.05, 0.1) is 25.1 Å². The van der Waals surface area contributed by atoms with E-state index in [2.05, 4.69) is 10.3 Å². The van der Waals surface area contributed by atoms with Crippen molar-refractivity contribution >= 4 is 17.7 Å². The lowest BCUT2D eigenvalue weighted by Gasteiger charge is -2.05. The smallest absolute Gasteiger partial charge is 0.230 e. The molecule has 0 radical (unpaired) electrons. The van der Waals surface area contributed by atoms with E-state index < -0.39 is 0 Å². The third kappa shape index (κ3) is 5.47. The maximum Gasteiger partial charge on any atom is 0.230 e. The zero-order valence-corrected chi connectivity index (χ0v) is 12.7. The highest BCUT2D eigenvalue weighted by atomic mass is 32.2. The summed E-state index contributed by atoms with van der Waals surface area (Å²) in [4.78, 5) is 15.9. The maximum absolute atomic E-state index is 11.7. The summed E-state index contributed by atoms with van der Waals surface area (Å²) >= 11 is 1.59. The average Bonchev–Trinajstić information content (AvgIpc) is 2.54. The number of pyridine rings is 1. The number of rotatable bonds is 7. The van der Waals surface area contributed by atoms with Gasteiger partial charge in [0.15, 0.2) is 0 Å². The molecule has 1 amide bonds. The number of carbonyl (C=O) groups excluding carboxylic acids is 1. The lowest BCUT2D eigenvalue weighted by Crippen LogP contribution is -2.25. The Labute approximate surface area is 128 Å². The van der Waals surface area contributed by atoms with Gasteiger partial charge in [-0.25, -0.2) is 0 Å². The molecule has 0 bridgehead atoms. The van der Waals surface area contributed by atoms with Gasteiger partial charge in [0.2, 0.25) is 5.91 Å². The second-order valence-corrected chi connectivity index (χ2v) is 5.42. The van der Waals surface area contributed by atoms with Crippen LogP contribution < -0.4 is 10.1 Å². The van der Waals surface area contributed by atoms with Crippen LogP contribution in [0.25, 0.3) is 0 Å². The second-order valence-electron chi connectivity index (χ2n) is 4.44. The fourth-order valence-corrected chi connectivity index (χ4v) is 2.54. The topological polar surface area (TPSA) is 51.2 Å². The Morgan fingerprint density at radius 2 is 2.05 bits per heavy atom. The van der Waals surface area contributed by atoms with Crippen LogP contribution >= 0.6 is 11.8 Å². The molecule has 0 atom stereocenters. The number of methoxy groups -OCH3 is 1. The Morgan fingerprint density at radius 3 is 2.71 bits per heavy atom. The van der Waals surface area contributed by atoms with Gasteiger partial charge in [-0.3, -0.25) is 9.78 Å². The zero-order chi connectivity index (χ0) is 14.9. The van der Waals surface area contributed by atoms with E-state index in [4.69, 9.17) is 4.74 Å². The SMILES string of the molecule is COc1ccc(CSCC(=O)NCc2ccccn2)cc1. The van der Waals surface area contributed by atoms with E-state index in [9.17, 15) is 4.79 Å². The van der Waals surface area contributed by atoms with Gasteiger partial charge in [-0.15, -0.1) is 11.8 Å². The Balaban J connectivity index is 1.66. The first-order chi connectivity index (χ1) is 10.3. The van der Waals surface area contributed by atoms with Crippen LogP contribution in [0.5, 0.6) is 5.75 Å². The van der Waals surface area contributed by atoms with Crippen molar-refractivity contribution in [2.75, 3.05) is 12.9 Å². The fraction of sp³-hybridized carbons (Fsp3) is 0.250. The Hall–Kier alpha value is -2.01. The monoisotopic (exact) mass is 302 g/mol. The number of ether oxygens (including phenoxy) is 1. The predicted octanol–water partition coefficient (Wildman–Crippen LogP) is 2.64. The number of thioether (sulfide) groups is 1. The van der Waals surface area contributed by atoms with Crippen LogP contribution in [-0.2, 0) is 17.1 Å². The molecule has 5 heteroatoms. The minimum Gasteiger partial charge on any atom is -0.497 e. The molecule has 1 aromatic carbocycles. The number of aromatic nitrogens is 1. The standard InChI is InChI=1S/C16H18N2O2S/c1-20-15-7-5-13(6-8-15)11-21-12-16(19)18-10-14-4-2-3-9-17-14/h2-9H,10-12H2,1H3,(H,18,19). The molecule has 2 rings (SSSR count). The summed E-state index contributed by atoms with van der Waals surface area (Å²) in [5, 5.41) is 2.86. The zero-order valence-electron chi connectivity index (χ0n) is 11.9. The molecule has 0 aliphatic heterocycles. The van der Waals surface area contributed by atoms with E-state index in [-0.39, 0.29) is 5.91 Å². The van der Waals surface area contributed by atoms with Crippen molar-refractivity contribution in [1.82, 2.24) is 10.3 Å². The lowest BCUT2D eigenvalue weighted by atomic mass is 10.2. The highest BCUT2D eigenvalue weighted by Crippen LogP contribution is 2.16. The molecule has 0 saturated heterocycles. The highest BCUT2D eigenvalue weighted by Gasteiger charge is 2.03. The first kappa shape index (κ1) is 15.4. The molecule has 2 aromatic rings. The summed E-state index contributed by atoms with van der Waals surface area (Å²) in [7, 11) is 1.65. The van der Waals surface area contributed by atoms with Gasteiger partial charge in [0.1, 0.15) is 5.75 Å². The summed E-state index contributed by atoms with van der Waals surface area (Å²) in [5.41, 5.74) is 2.05. The van der Waals surface area contributed by atoms with E-state index in [1.54, 1.807) is 25.1 Å². The molecular formula is C16H18N2O2S. The largest absolute Gasteiger partial charge is 0.497 e. The minimum atomic E-state index is 0.0270. The summed E-state index contributed by atoms with van der Waals surface area (Å²) in [6.45, 7) is 0.475. The van der Waals surface area contributed by atoms with Crippen molar-refractivity contribution in [1.29, 1.82) is 0 Å². The molecule has 1 heterocycles. The van der Waals surface area contributed by atoms with E-state index in [1.807, 2.05) is 42.5 Å². The van der Waals surface area contributed by atoms with Gasteiger partial charge in [-0.2, -0.15) is 0 Å². The number of hydrogen-bond acceptors (Lipinski definition) is 4. The molecule has 4 nitrogen and oxygen atoms in total. The van der Waals surface area contributed by atoms with E-state index in [0.717, 1.165) is 17.2 Å². The third-order valence-electron chi connectivity index (χ3n) is 2.85. The number of amides is 1. The van der Waals surface area contributed by atoms with Crippen molar-refractivity contribution in [3.05, 3.63) is 59.9 Å². The van der Waals surface area contributed by atoms with Gasteiger partial charge in [0.25, 0.3) is 0 Å². The summed E-state index contributed by atoms with van der Waals surface area (Å²) in [6, 6.07) is 13.5. The van der Waals surface area contributed by atoms with Gasteiger partial charge in [-0.1, -0.05) is 18.2 Å². The number of nitrogens with zero attached hydrogens (tertiary/aromatic N) is 1. The molecule has 21 heavy (non-hydrogen) atoms. The number of hydrogen-bond donors (Lipinski definition) is 1.